The van der Waals surface area contributed by atoms with E-state index in [1.54, 1.807) is 7.11 Å². The molecule has 126 valence electrons. The van der Waals surface area contributed by atoms with Crippen LogP contribution < -0.4 is 10.6 Å². The Kier molecular flexibility index (Phi) is 4.58. The van der Waals surface area contributed by atoms with Crippen molar-refractivity contribution in [2.24, 2.45) is 0 Å². The maximum atomic E-state index is 12.2. The summed E-state index contributed by atoms with van der Waals surface area (Å²) in [5.74, 6) is 0. The van der Waals surface area contributed by atoms with Crippen LogP contribution in [0, 0.1) is 13.8 Å². The lowest BCUT2D eigenvalue weighted by atomic mass is 10.0. The van der Waals surface area contributed by atoms with Gasteiger partial charge in [0.25, 0.3) is 0 Å². The van der Waals surface area contributed by atoms with Gasteiger partial charge in [0.2, 0.25) is 0 Å². The van der Waals surface area contributed by atoms with Crippen LogP contribution in [0.3, 0.4) is 0 Å². The third-order valence-electron chi connectivity index (χ3n) is 4.63. The monoisotopic (exact) mass is 324 g/mol. The number of anilines is 1. The van der Waals surface area contributed by atoms with Crippen LogP contribution in [-0.2, 0) is 17.6 Å². The predicted octanol–water partition coefficient (Wildman–Crippen LogP) is 3.61. The van der Waals surface area contributed by atoms with Crippen LogP contribution in [0.1, 0.15) is 22.3 Å². The van der Waals surface area contributed by atoms with Crippen molar-refractivity contribution in [1.29, 1.82) is 0 Å². The van der Waals surface area contributed by atoms with Crippen molar-refractivity contribution in [3.05, 3.63) is 64.7 Å². The normalized spacial score (nSPS) is 15.0. The number of nitrogens with one attached hydrogen (secondary N) is 2. The molecule has 0 bridgehead atoms. The second-order valence-electron chi connectivity index (χ2n) is 6.69. The average molecular weight is 324 g/mol. The van der Waals surface area contributed by atoms with Gasteiger partial charge in [-0.1, -0.05) is 30.3 Å². The van der Waals surface area contributed by atoms with Gasteiger partial charge in [-0.3, -0.25) is 0 Å². The van der Waals surface area contributed by atoms with Crippen molar-refractivity contribution >= 4 is 11.7 Å². The molecule has 3 rings (SSSR count). The zero-order chi connectivity index (χ0) is 17.2. The first-order valence-electron chi connectivity index (χ1n) is 8.25. The topological polar surface area (TPSA) is 50.4 Å². The fourth-order valence-corrected chi connectivity index (χ4v) is 3.46. The van der Waals surface area contributed by atoms with Gasteiger partial charge in [0.05, 0.1) is 5.60 Å². The minimum Gasteiger partial charge on any atom is -0.376 e. The smallest absolute Gasteiger partial charge is 0.319 e. The molecule has 0 aromatic heterocycles. The molecule has 4 heteroatoms. The highest BCUT2D eigenvalue weighted by Crippen LogP contribution is 2.32. The first-order chi connectivity index (χ1) is 11.5. The highest BCUT2D eigenvalue weighted by molar-refractivity contribution is 5.89. The lowest BCUT2D eigenvalue weighted by Crippen LogP contribution is -2.46. The molecular weight excluding hydrogens is 300 g/mol. The van der Waals surface area contributed by atoms with E-state index in [1.807, 2.05) is 38.1 Å². The summed E-state index contributed by atoms with van der Waals surface area (Å²) < 4.78 is 5.78. The van der Waals surface area contributed by atoms with Crippen LogP contribution in [-0.4, -0.2) is 25.3 Å². The van der Waals surface area contributed by atoms with Crippen molar-refractivity contribution in [2.45, 2.75) is 32.3 Å². The van der Waals surface area contributed by atoms with Crippen molar-refractivity contribution in [1.82, 2.24) is 5.32 Å². The average Bonchev–Trinajstić information content (AvgIpc) is 2.91. The Morgan fingerprint density at radius 2 is 1.67 bits per heavy atom. The molecule has 0 fully saturated rings. The molecule has 0 atom stereocenters. The van der Waals surface area contributed by atoms with Crippen LogP contribution in [0.15, 0.2) is 42.5 Å². The molecule has 24 heavy (non-hydrogen) atoms. The molecule has 0 radical (unpaired) electrons. The number of methoxy groups -OCH3 is 1. The SMILES string of the molecule is COC1(CNC(=O)Nc2cc(C)cc(C)c2)Cc2ccccc2C1. The number of amides is 2. The van der Waals surface area contributed by atoms with Crippen molar-refractivity contribution in [3.8, 4) is 0 Å². The standard InChI is InChI=1S/C20H24N2O2/c1-14-8-15(2)10-18(9-14)22-19(23)21-13-20(24-3)11-16-6-4-5-7-17(16)12-20/h4-10H,11-13H2,1-3H3,(H2,21,22,23). The summed E-state index contributed by atoms with van der Waals surface area (Å²) in [4.78, 5) is 12.2. The van der Waals surface area contributed by atoms with E-state index in [2.05, 4.69) is 28.8 Å². The Labute approximate surface area is 143 Å². The minimum absolute atomic E-state index is 0.201. The third-order valence-corrected chi connectivity index (χ3v) is 4.63. The summed E-state index contributed by atoms with van der Waals surface area (Å²) in [7, 11) is 1.72. The molecule has 0 aliphatic heterocycles. The predicted molar refractivity (Wildman–Crippen MR) is 96.5 cm³/mol. The Morgan fingerprint density at radius 3 is 2.21 bits per heavy atom. The summed E-state index contributed by atoms with van der Waals surface area (Å²) in [6.07, 6.45) is 1.65. The second-order valence-corrected chi connectivity index (χ2v) is 6.69. The fourth-order valence-electron chi connectivity index (χ4n) is 3.46. The number of ether oxygens (including phenoxy) is 1. The quantitative estimate of drug-likeness (QED) is 0.902. The van der Waals surface area contributed by atoms with Gasteiger partial charge in [0.15, 0.2) is 0 Å². The van der Waals surface area contributed by atoms with Crippen LogP contribution in [0.5, 0.6) is 0 Å². The number of hydrogen-bond donors (Lipinski definition) is 2. The van der Waals surface area contributed by atoms with Crippen LogP contribution in [0.4, 0.5) is 10.5 Å². The number of carbonyl (C=O) groups excluding carboxylic acids is 1. The summed E-state index contributed by atoms with van der Waals surface area (Å²) in [5, 5.41) is 5.87. The molecule has 2 amide bonds. The van der Waals surface area contributed by atoms with E-state index < -0.39 is 0 Å². The van der Waals surface area contributed by atoms with E-state index in [0.29, 0.717) is 6.54 Å². The van der Waals surface area contributed by atoms with E-state index in [0.717, 1.165) is 29.7 Å². The first kappa shape index (κ1) is 16.5. The molecule has 0 heterocycles. The minimum atomic E-state index is -0.358. The molecule has 4 nitrogen and oxygen atoms in total. The molecule has 1 aliphatic rings. The highest BCUT2D eigenvalue weighted by Gasteiger charge is 2.37. The summed E-state index contributed by atoms with van der Waals surface area (Å²) in [5.41, 5.74) is 5.32. The lowest BCUT2D eigenvalue weighted by Gasteiger charge is -2.27. The van der Waals surface area contributed by atoms with E-state index in [1.165, 1.54) is 11.1 Å². The summed E-state index contributed by atoms with van der Waals surface area (Å²) in [6, 6.07) is 14.2. The van der Waals surface area contributed by atoms with Gasteiger partial charge in [0, 0.05) is 32.2 Å². The van der Waals surface area contributed by atoms with Gasteiger partial charge >= 0.3 is 6.03 Å². The molecule has 1 aliphatic carbocycles. The molecule has 0 spiro atoms. The molecule has 2 N–H and O–H groups in total. The molecule has 2 aromatic rings. The van der Waals surface area contributed by atoms with Gasteiger partial charge in [-0.05, 0) is 48.2 Å². The van der Waals surface area contributed by atoms with Crippen LogP contribution in [0.25, 0.3) is 0 Å². The molecule has 2 aromatic carbocycles. The molecule has 0 unspecified atom stereocenters. The van der Waals surface area contributed by atoms with E-state index >= 15 is 0 Å². The molecule has 0 saturated heterocycles. The number of hydrogen-bond acceptors (Lipinski definition) is 2. The van der Waals surface area contributed by atoms with Gasteiger partial charge < -0.3 is 15.4 Å². The van der Waals surface area contributed by atoms with E-state index in [-0.39, 0.29) is 11.6 Å². The van der Waals surface area contributed by atoms with Crippen LogP contribution in [0.2, 0.25) is 0 Å². The van der Waals surface area contributed by atoms with Gasteiger partial charge in [-0.25, -0.2) is 4.79 Å². The maximum Gasteiger partial charge on any atom is 0.319 e. The maximum absolute atomic E-state index is 12.2. The van der Waals surface area contributed by atoms with Crippen molar-refractivity contribution in [2.75, 3.05) is 19.0 Å². The Balaban J connectivity index is 1.61. The zero-order valence-electron chi connectivity index (χ0n) is 14.5. The number of aryl methyl sites for hydroxylation is 2. The summed E-state index contributed by atoms with van der Waals surface area (Å²) >= 11 is 0. The van der Waals surface area contributed by atoms with Gasteiger partial charge in [-0.15, -0.1) is 0 Å². The van der Waals surface area contributed by atoms with E-state index in [9.17, 15) is 4.79 Å². The van der Waals surface area contributed by atoms with Crippen LogP contribution >= 0.6 is 0 Å². The number of rotatable bonds is 4. The van der Waals surface area contributed by atoms with Crippen molar-refractivity contribution in [3.63, 3.8) is 0 Å². The number of fused-ring (bicyclic) bond motifs is 1. The Bertz CT molecular complexity index is 710. The second kappa shape index (κ2) is 6.65. The molecule has 0 saturated carbocycles. The number of benzene rings is 2. The van der Waals surface area contributed by atoms with Gasteiger partial charge in [-0.2, -0.15) is 0 Å². The number of urea groups is 1. The summed E-state index contributed by atoms with van der Waals surface area (Å²) in [6.45, 7) is 4.52. The lowest BCUT2D eigenvalue weighted by molar-refractivity contribution is 0.00208. The highest BCUT2D eigenvalue weighted by atomic mass is 16.5. The number of carbonyl (C=O) groups is 1. The molecular formula is C20H24N2O2. The third kappa shape index (κ3) is 3.60. The largest absolute Gasteiger partial charge is 0.376 e. The van der Waals surface area contributed by atoms with Gasteiger partial charge in [0.1, 0.15) is 0 Å². The Hall–Kier alpha value is -2.33. The zero-order valence-corrected chi connectivity index (χ0v) is 14.5. The Morgan fingerprint density at radius 1 is 1.08 bits per heavy atom. The first-order valence-corrected chi connectivity index (χ1v) is 8.25. The van der Waals surface area contributed by atoms with Crippen molar-refractivity contribution < 1.29 is 9.53 Å². The fraction of sp³-hybridized carbons (Fsp3) is 0.350. The van der Waals surface area contributed by atoms with E-state index in [4.69, 9.17) is 4.74 Å².